The van der Waals surface area contributed by atoms with Gasteiger partial charge in [0.05, 0.1) is 0 Å². The molecule has 2 aliphatic rings. The molecule has 2 aromatic heterocycles. The van der Waals surface area contributed by atoms with E-state index in [1.54, 1.807) is 12.4 Å². The highest BCUT2D eigenvalue weighted by atomic mass is 15.3. The van der Waals surface area contributed by atoms with Crippen molar-refractivity contribution in [1.29, 1.82) is 5.26 Å². The molecule has 0 aromatic carbocycles. The van der Waals surface area contributed by atoms with Crippen LogP contribution >= 0.6 is 0 Å². The summed E-state index contributed by atoms with van der Waals surface area (Å²) >= 11 is 0. The van der Waals surface area contributed by atoms with E-state index in [-0.39, 0.29) is 0 Å². The van der Waals surface area contributed by atoms with Crippen LogP contribution in [0.25, 0.3) is 0 Å². The van der Waals surface area contributed by atoms with Gasteiger partial charge in [0.15, 0.2) is 11.5 Å². The third kappa shape index (κ3) is 3.18. The minimum Gasteiger partial charge on any atom is -0.353 e. The Balaban J connectivity index is 1.45. The number of piperazine rings is 1. The summed E-state index contributed by atoms with van der Waals surface area (Å²) in [7, 11) is 0. The predicted octanol–water partition coefficient (Wildman–Crippen LogP) is 1.07. The lowest BCUT2D eigenvalue weighted by atomic mass is 10.3. The van der Waals surface area contributed by atoms with Crippen LogP contribution in [-0.2, 0) is 0 Å². The molecule has 128 valence electrons. The number of rotatable bonds is 3. The van der Waals surface area contributed by atoms with Gasteiger partial charge in [0.25, 0.3) is 0 Å². The molecule has 0 atom stereocenters. The van der Waals surface area contributed by atoms with Crippen molar-refractivity contribution in [2.75, 3.05) is 54.0 Å². The molecule has 2 saturated heterocycles. The number of anilines is 3. The van der Waals surface area contributed by atoms with Crippen LogP contribution in [0.15, 0.2) is 24.7 Å². The SMILES string of the molecule is N#Cc1nccnc1N1CCN(c2ccnc(N3CCCC3)n2)CC1. The number of nitrogens with zero attached hydrogens (tertiary/aromatic N) is 8. The molecule has 2 aliphatic heterocycles. The summed E-state index contributed by atoms with van der Waals surface area (Å²) in [6, 6.07) is 4.09. The van der Waals surface area contributed by atoms with E-state index in [4.69, 9.17) is 4.98 Å². The normalized spacial score (nSPS) is 17.6. The average Bonchev–Trinajstić information content (AvgIpc) is 3.23. The molecule has 2 aromatic rings. The smallest absolute Gasteiger partial charge is 0.227 e. The Hall–Kier alpha value is -2.95. The number of nitriles is 1. The van der Waals surface area contributed by atoms with Gasteiger partial charge in [-0.15, -0.1) is 0 Å². The fourth-order valence-corrected chi connectivity index (χ4v) is 3.37. The van der Waals surface area contributed by atoms with Gasteiger partial charge in [-0.1, -0.05) is 0 Å². The van der Waals surface area contributed by atoms with Crippen molar-refractivity contribution < 1.29 is 0 Å². The van der Waals surface area contributed by atoms with Gasteiger partial charge in [0.2, 0.25) is 5.95 Å². The predicted molar refractivity (Wildman–Crippen MR) is 94.7 cm³/mol. The van der Waals surface area contributed by atoms with E-state index in [2.05, 4.69) is 35.7 Å². The average molecular weight is 336 g/mol. The fourth-order valence-electron chi connectivity index (χ4n) is 3.37. The first-order valence-corrected chi connectivity index (χ1v) is 8.64. The molecule has 0 aliphatic carbocycles. The highest BCUT2D eigenvalue weighted by Gasteiger charge is 2.23. The molecule has 0 unspecified atom stereocenters. The lowest BCUT2D eigenvalue weighted by Gasteiger charge is -2.36. The molecule has 0 amide bonds. The van der Waals surface area contributed by atoms with Crippen molar-refractivity contribution in [2.24, 2.45) is 0 Å². The van der Waals surface area contributed by atoms with Crippen LogP contribution in [-0.4, -0.2) is 59.2 Å². The summed E-state index contributed by atoms with van der Waals surface area (Å²) in [6.45, 7) is 5.32. The summed E-state index contributed by atoms with van der Waals surface area (Å²) in [5.41, 5.74) is 0.384. The van der Waals surface area contributed by atoms with Gasteiger partial charge in [-0.3, -0.25) is 0 Å². The second-order valence-electron chi connectivity index (χ2n) is 6.22. The largest absolute Gasteiger partial charge is 0.353 e. The third-order valence-corrected chi connectivity index (χ3v) is 4.71. The molecule has 0 bridgehead atoms. The minimum absolute atomic E-state index is 0.384. The van der Waals surface area contributed by atoms with Gasteiger partial charge in [-0.05, 0) is 18.9 Å². The van der Waals surface area contributed by atoms with Gasteiger partial charge in [0, 0.05) is 57.9 Å². The van der Waals surface area contributed by atoms with Crippen LogP contribution in [0.2, 0.25) is 0 Å². The van der Waals surface area contributed by atoms with Crippen molar-refractivity contribution in [3.8, 4) is 6.07 Å². The molecule has 8 heteroatoms. The van der Waals surface area contributed by atoms with Crippen LogP contribution in [0.1, 0.15) is 18.5 Å². The van der Waals surface area contributed by atoms with E-state index in [1.165, 1.54) is 12.8 Å². The molecule has 0 spiro atoms. The summed E-state index contributed by atoms with van der Waals surface area (Å²) in [5.74, 6) is 2.47. The lowest BCUT2D eigenvalue weighted by molar-refractivity contribution is 0.638. The topological polar surface area (TPSA) is 85.1 Å². The Morgan fingerprint density at radius 2 is 1.52 bits per heavy atom. The summed E-state index contributed by atoms with van der Waals surface area (Å²) in [4.78, 5) is 24.2. The maximum absolute atomic E-state index is 9.20. The molecule has 25 heavy (non-hydrogen) atoms. The zero-order chi connectivity index (χ0) is 17.1. The van der Waals surface area contributed by atoms with Crippen molar-refractivity contribution in [3.05, 3.63) is 30.4 Å². The third-order valence-electron chi connectivity index (χ3n) is 4.71. The molecule has 0 N–H and O–H groups in total. The van der Waals surface area contributed by atoms with E-state index in [0.717, 1.165) is 51.0 Å². The summed E-state index contributed by atoms with van der Waals surface area (Å²) in [6.07, 6.45) is 7.46. The van der Waals surface area contributed by atoms with E-state index in [0.29, 0.717) is 11.5 Å². The number of hydrogen-bond acceptors (Lipinski definition) is 8. The van der Waals surface area contributed by atoms with Crippen molar-refractivity contribution in [3.63, 3.8) is 0 Å². The number of aromatic nitrogens is 4. The Morgan fingerprint density at radius 1 is 0.800 bits per heavy atom. The van der Waals surface area contributed by atoms with Crippen LogP contribution in [0.3, 0.4) is 0 Å². The second kappa shape index (κ2) is 6.89. The Morgan fingerprint density at radius 3 is 2.28 bits per heavy atom. The highest BCUT2D eigenvalue weighted by Crippen LogP contribution is 2.22. The summed E-state index contributed by atoms with van der Waals surface area (Å²) in [5, 5.41) is 9.20. The first-order valence-electron chi connectivity index (χ1n) is 8.64. The summed E-state index contributed by atoms with van der Waals surface area (Å²) < 4.78 is 0. The fraction of sp³-hybridized carbons (Fsp3) is 0.471. The monoisotopic (exact) mass is 336 g/mol. The van der Waals surface area contributed by atoms with Gasteiger partial charge in [-0.2, -0.15) is 10.2 Å². The van der Waals surface area contributed by atoms with Crippen LogP contribution in [0, 0.1) is 11.3 Å². The molecule has 2 fully saturated rings. The zero-order valence-electron chi connectivity index (χ0n) is 14.0. The van der Waals surface area contributed by atoms with Crippen LogP contribution in [0.5, 0.6) is 0 Å². The first kappa shape index (κ1) is 15.6. The Bertz CT molecular complexity index is 772. The van der Waals surface area contributed by atoms with E-state index in [9.17, 15) is 5.26 Å². The quantitative estimate of drug-likeness (QED) is 0.823. The Labute approximate surface area is 146 Å². The van der Waals surface area contributed by atoms with Crippen LogP contribution in [0.4, 0.5) is 17.6 Å². The first-order chi connectivity index (χ1) is 12.3. The van der Waals surface area contributed by atoms with Gasteiger partial charge < -0.3 is 14.7 Å². The van der Waals surface area contributed by atoms with Crippen molar-refractivity contribution in [1.82, 2.24) is 19.9 Å². The molecular weight excluding hydrogens is 316 g/mol. The van der Waals surface area contributed by atoms with Crippen molar-refractivity contribution in [2.45, 2.75) is 12.8 Å². The zero-order valence-corrected chi connectivity index (χ0v) is 14.0. The van der Waals surface area contributed by atoms with Crippen LogP contribution < -0.4 is 14.7 Å². The Kier molecular flexibility index (Phi) is 4.29. The molecule has 0 saturated carbocycles. The van der Waals surface area contributed by atoms with Gasteiger partial charge >= 0.3 is 0 Å². The molecule has 4 rings (SSSR count). The van der Waals surface area contributed by atoms with E-state index >= 15 is 0 Å². The van der Waals surface area contributed by atoms with E-state index in [1.807, 2.05) is 12.3 Å². The lowest BCUT2D eigenvalue weighted by Crippen LogP contribution is -2.47. The maximum Gasteiger partial charge on any atom is 0.227 e. The van der Waals surface area contributed by atoms with Gasteiger partial charge in [-0.25, -0.2) is 15.0 Å². The van der Waals surface area contributed by atoms with Crippen molar-refractivity contribution >= 4 is 17.6 Å². The molecule has 4 heterocycles. The molecular formula is C17H20N8. The maximum atomic E-state index is 9.20. The van der Waals surface area contributed by atoms with E-state index < -0.39 is 0 Å². The van der Waals surface area contributed by atoms with Gasteiger partial charge in [0.1, 0.15) is 11.9 Å². The highest BCUT2D eigenvalue weighted by molar-refractivity contribution is 5.52. The number of hydrogen-bond donors (Lipinski definition) is 0. The minimum atomic E-state index is 0.384. The standard InChI is InChI=1S/C17H20N8/c18-13-14-16(20-6-5-19-14)24-11-9-23(10-12-24)15-3-4-21-17(22-15)25-7-1-2-8-25/h3-6H,1-2,7-12H2. The molecule has 8 nitrogen and oxygen atoms in total. The second-order valence-corrected chi connectivity index (χ2v) is 6.22. The molecule has 0 radical (unpaired) electrons.